The zero-order valence-electron chi connectivity index (χ0n) is 12.8. The number of piperazine rings is 1. The van der Waals surface area contributed by atoms with Crippen LogP contribution in [-0.4, -0.2) is 48.4 Å². The third kappa shape index (κ3) is 4.60. The number of hydrogen-bond acceptors (Lipinski definition) is 2. The number of amides is 1. The summed E-state index contributed by atoms with van der Waals surface area (Å²) in [5.74, 6) is 0.606. The molecular formula is C15H30N2O. The van der Waals surface area contributed by atoms with Crippen molar-refractivity contribution in [2.24, 2.45) is 11.3 Å². The Morgan fingerprint density at radius 3 is 1.94 bits per heavy atom. The van der Waals surface area contributed by atoms with Crippen LogP contribution in [0.2, 0.25) is 0 Å². The Kier molecular flexibility index (Phi) is 5.64. The predicted molar refractivity (Wildman–Crippen MR) is 76.5 cm³/mol. The molecule has 0 radical (unpaired) electrons. The Balaban J connectivity index is 2.41. The molecule has 0 spiro atoms. The van der Waals surface area contributed by atoms with Crippen molar-refractivity contribution in [2.75, 3.05) is 32.7 Å². The van der Waals surface area contributed by atoms with E-state index in [1.54, 1.807) is 0 Å². The molecule has 1 fully saturated rings. The number of nitrogens with zero attached hydrogens (tertiary/aromatic N) is 2. The largest absolute Gasteiger partial charge is 0.340 e. The highest BCUT2D eigenvalue weighted by Gasteiger charge is 2.26. The van der Waals surface area contributed by atoms with Gasteiger partial charge in [0, 0.05) is 38.6 Å². The van der Waals surface area contributed by atoms with Crippen molar-refractivity contribution in [2.45, 2.75) is 47.5 Å². The first-order valence-corrected chi connectivity index (χ1v) is 7.38. The number of carbonyl (C=O) groups is 1. The average molecular weight is 254 g/mol. The summed E-state index contributed by atoms with van der Waals surface area (Å²) in [5.41, 5.74) is 0.349. The molecule has 0 aromatic heterocycles. The van der Waals surface area contributed by atoms with E-state index in [2.05, 4.69) is 44.4 Å². The van der Waals surface area contributed by atoms with Gasteiger partial charge in [-0.15, -0.1) is 0 Å². The Morgan fingerprint density at radius 2 is 1.56 bits per heavy atom. The molecule has 1 saturated heterocycles. The monoisotopic (exact) mass is 254 g/mol. The van der Waals surface area contributed by atoms with E-state index >= 15 is 0 Å². The van der Waals surface area contributed by atoms with Gasteiger partial charge in [0.2, 0.25) is 5.91 Å². The molecule has 1 rings (SSSR count). The molecule has 0 unspecified atom stereocenters. The zero-order valence-corrected chi connectivity index (χ0v) is 12.8. The number of hydrogen-bond donors (Lipinski definition) is 0. The second-order valence-corrected chi connectivity index (χ2v) is 6.68. The Bertz CT molecular complexity index is 258. The Hall–Kier alpha value is -0.570. The van der Waals surface area contributed by atoms with Crippen LogP contribution in [-0.2, 0) is 4.79 Å². The lowest BCUT2D eigenvalue weighted by molar-refractivity contribution is -0.137. The second-order valence-electron chi connectivity index (χ2n) is 6.68. The third-order valence-electron chi connectivity index (χ3n) is 3.72. The smallest absolute Gasteiger partial charge is 0.225 e. The molecule has 1 amide bonds. The lowest BCUT2D eigenvalue weighted by Gasteiger charge is -2.38. The van der Waals surface area contributed by atoms with E-state index in [-0.39, 0.29) is 5.92 Å². The molecular weight excluding hydrogens is 224 g/mol. The van der Waals surface area contributed by atoms with Crippen LogP contribution in [0.4, 0.5) is 0 Å². The summed E-state index contributed by atoms with van der Waals surface area (Å²) >= 11 is 0. The van der Waals surface area contributed by atoms with E-state index in [0.29, 0.717) is 11.3 Å². The van der Waals surface area contributed by atoms with Gasteiger partial charge in [-0.25, -0.2) is 0 Å². The summed E-state index contributed by atoms with van der Waals surface area (Å²) in [6, 6.07) is 0. The topological polar surface area (TPSA) is 23.6 Å². The molecule has 0 aromatic carbocycles. The summed E-state index contributed by atoms with van der Waals surface area (Å²) in [7, 11) is 0. The molecule has 3 heteroatoms. The van der Waals surface area contributed by atoms with Crippen LogP contribution in [0.1, 0.15) is 47.5 Å². The van der Waals surface area contributed by atoms with Crippen molar-refractivity contribution in [1.82, 2.24) is 9.80 Å². The summed E-state index contributed by atoms with van der Waals surface area (Å²) in [6.07, 6.45) is 1.94. The minimum Gasteiger partial charge on any atom is -0.340 e. The maximum absolute atomic E-state index is 12.3. The molecule has 0 N–H and O–H groups in total. The van der Waals surface area contributed by atoms with E-state index in [0.717, 1.165) is 45.6 Å². The van der Waals surface area contributed by atoms with E-state index in [1.165, 1.54) is 0 Å². The molecule has 18 heavy (non-hydrogen) atoms. The normalized spacial score (nSPS) is 18.4. The molecule has 106 valence electrons. The van der Waals surface area contributed by atoms with Gasteiger partial charge in [0.25, 0.3) is 0 Å². The fraction of sp³-hybridized carbons (Fsp3) is 0.933. The maximum atomic E-state index is 12.3. The highest BCUT2D eigenvalue weighted by molar-refractivity contribution is 5.78. The van der Waals surface area contributed by atoms with Gasteiger partial charge in [-0.3, -0.25) is 9.69 Å². The quantitative estimate of drug-likeness (QED) is 0.770. The minimum atomic E-state index is 0.235. The van der Waals surface area contributed by atoms with Crippen LogP contribution in [0.3, 0.4) is 0 Å². The first-order chi connectivity index (χ1) is 8.37. The standard InChI is InChI=1S/C15H30N2O/c1-6-13(7-2)14(18)17-10-8-16(9-11-17)12-15(3,4)5/h13H,6-12H2,1-5H3. The van der Waals surface area contributed by atoms with E-state index < -0.39 is 0 Å². The molecule has 0 saturated carbocycles. The predicted octanol–water partition coefficient (Wildman–Crippen LogP) is 2.61. The SMILES string of the molecule is CCC(CC)C(=O)N1CCN(CC(C)(C)C)CC1. The lowest BCUT2D eigenvalue weighted by Crippen LogP contribution is -2.51. The van der Waals surface area contributed by atoms with E-state index in [9.17, 15) is 4.79 Å². The summed E-state index contributed by atoms with van der Waals surface area (Å²) in [6.45, 7) is 16.0. The molecule has 1 heterocycles. The van der Waals surface area contributed by atoms with Gasteiger partial charge >= 0.3 is 0 Å². The van der Waals surface area contributed by atoms with Crippen LogP contribution in [0.5, 0.6) is 0 Å². The van der Waals surface area contributed by atoms with Gasteiger partial charge < -0.3 is 4.90 Å². The number of rotatable bonds is 4. The fourth-order valence-corrected chi connectivity index (χ4v) is 2.69. The van der Waals surface area contributed by atoms with Gasteiger partial charge in [0.15, 0.2) is 0 Å². The Labute approximate surface area is 113 Å². The van der Waals surface area contributed by atoms with Crippen molar-refractivity contribution in [1.29, 1.82) is 0 Å². The first kappa shape index (κ1) is 15.5. The van der Waals surface area contributed by atoms with Gasteiger partial charge in [-0.2, -0.15) is 0 Å². The molecule has 3 nitrogen and oxygen atoms in total. The van der Waals surface area contributed by atoms with Crippen molar-refractivity contribution in [3.05, 3.63) is 0 Å². The van der Waals surface area contributed by atoms with Gasteiger partial charge in [0.1, 0.15) is 0 Å². The third-order valence-corrected chi connectivity index (χ3v) is 3.72. The second kappa shape index (κ2) is 6.55. The van der Waals surface area contributed by atoms with Crippen LogP contribution < -0.4 is 0 Å². The minimum absolute atomic E-state index is 0.235. The molecule has 0 aliphatic carbocycles. The lowest BCUT2D eigenvalue weighted by atomic mass is 9.95. The molecule has 0 aromatic rings. The summed E-state index contributed by atoms with van der Waals surface area (Å²) in [4.78, 5) is 16.8. The van der Waals surface area contributed by atoms with Crippen LogP contribution in [0, 0.1) is 11.3 Å². The molecule has 1 aliphatic rings. The highest BCUT2D eigenvalue weighted by Crippen LogP contribution is 2.18. The molecule has 1 aliphatic heterocycles. The average Bonchev–Trinajstić information content (AvgIpc) is 2.29. The van der Waals surface area contributed by atoms with Gasteiger partial charge in [-0.05, 0) is 18.3 Å². The van der Waals surface area contributed by atoms with Crippen LogP contribution in [0.25, 0.3) is 0 Å². The summed E-state index contributed by atoms with van der Waals surface area (Å²) < 4.78 is 0. The Morgan fingerprint density at radius 1 is 1.06 bits per heavy atom. The van der Waals surface area contributed by atoms with Crippen molar-refractivity contribution in [3.8, 4) is 0 Å². The first-order valence-electron chi connectivity index (χ1n) is 7.38. The van der Waals surface area contributed by atoms with Crippen LogP contribution >= 0.6 is 0 Å². The van der Waals surface area contributed by atoms with Crippen molar-refractivity contribution < 1.29 is 4.79 Å². The fourth-order valence-electron chi connectivity index (χ4n) is 2.69. The van der Waals surface area contributed by atoms with Crippen LogP contribution in [0.15, 0.2) is 0 Å². The summed E-state index contributed by atoms with van der Waals surface area (Å²) in [5, 5.41) is 0. The highest BCUT2D eigenvalue weighted by atomic mass is 16.2. The van der Waals surface area contributed by atoms with E-state index in [4.69, 9.17) is 0 Å². The zero-order chi connectivity index (χ0) is 13.8. The van der Waals surface area contributed by atoms with Crippen molar-refractivity contribution >= 4 is 5.91 Å². The van der Waals surface area contributed by atoms with Crippen molar-refractivity contribution in [3.63, 3.8) is 0 Å². The van der Waals surface area contributed by atoms with Gasteiger partial charge in [-0.1, -0.05) is 34.6 Å². The van der Waals surface area contributed by atoms with Gasteiger partial charge in [0.05, 0.1) is 0 Å². The van der Waals surface area contributed by atoms with E-state index in [1.807, 2.05) is 0 Å². The molecule has 0 atom stereocenters. The number of carbonyl (C=O) groups excluding carboxylic acids is 1. The molecule has 0 bridgehead atoms. The maximum Gasteiger partial charge on any atom is 0.225 e.